The van der Waals surface area contributed by atoms with Crippen LogP contribution in [0.5, 0.6) is 0 Å². The van der Waals surface area contributed by atoms with Crippen LogP contribution in [0.2, 0.25) is 10.0 Å². The minimum absolute atomic E-state index is 0.0469. The summed E-state index contributed by atoms with van der Waals surface area (Å²) in [7, 11) is 0. The molecule has 0 spiro atoms. The number of likely N-dealkylation sites (tertiary alicyclic amines) is 1. The van der Waals surface area contributed by atoms with Crippen LogP contribution in [0.3, 0.4) is 0 Å². The van der Waals surface area contributed by atoms with Crippen LogP contribution < -0.4 is 0 Å². The van der Waals surface area contributed by atoms with Crippen molar-refractivity contribution in [3.05, 3.63) is 33.8 Å². The number of benzene rings is 1. The Labute approximate surface area is 121 Å². The summed E-state index contributed by atoms with van der Waals surface area (Å²) in [6, 6.07) is 4.75. The Morgan fingerprint density at radius 3 is 2.63 bits per heavy atom. The number of Topliss-reactive ketones (excluding diaryl/α,β-unsaturated/α-hetero) is 1. The van der Waals surface area contributed by atoms with Crippen LogP contribution in [0.4, 0.5) is 0 Å². The van der Waals surface area contributed by atoms with Gasteiger partial charge < -0.3 is 4.90 Å². The Hall–Kier alpha value is -1.06. The summed E-state index contributed by atoms with van der Waals surface area (Å²) in [5.74, 6) is 0.376. The van der Waals surface area contributed by atoms with Crippen molar-refractivity contribution in [2.45, 2.75) is 31.8 Å². The molecule has 3 rings (SSSR count). The van der Waals surface area contributed by atoms with Gasteiger partial charge in [0.05, 0.1) is 16.6 Å². The second-order valence-corrected chi connectivity index (χ2v) is 6.11. The highest BCUT2D eigenvalue weighted by molar-refractivity contribution is 6.36. The molecule has 1 aromatic carbocycles. The molecule has 100 valence electrons. The average molecular weight is 298 g/mol. The lowest BCUT2D eigenvalue weighted by Crippen LogP contribution is -2.42. The number of piperidine rings is 1. The van der Waals surface area contributed by atoms with Crippen molar-refractivity contribution in [1.29, 1.82) is 0 Å². The molecule has 0 bridgehead atoms. The van der Waals surface area contributed by atoms with Crippen molar-refractivity contribution < 1.29 is 9.59 Å². The van der Waals surface area contributed by atoms with Crippen LogP contribution in [0.25, 0.3) is 0 Å². The molecule has 1 amide bonds. The number of fused-ring (bicyclic) bond motifs is 1. The summed E-state index contributed by atoms with van der Waals surface area (Å²) in [5.41, 5.74) is 0.421. The fourth-order valence-corrected chi connectivity index (χ4v) is 3.40. The molecule has 0 radical (unpaired) electrons. The number of ketones is 1. The topological polar surface area (TPSA) is 37.4 Å². The van der Waals surface area contributed by atoms with E-state index in [9.17, 15) is 9.59 Å². The molecule has 1 saturated carbocycles. The van der Waals surface area contributed by atoms with Crippen LogP contribution in [0.1, 0.15) is 30.1 Å². The molecule has 2 aliphatic rings. The molecule has 19 heavy (non-hydrogen) atoms. The van der Waals surface area contributed by atoms with Gasteiger partial charge in [0, 0.05) is 11.1 Å². The number of halogens is 2. The van der Waals surface area contributed by atoms with Crippen molar-refractivity contribution >= 4 is 34.9 Å². The third-order valence-electron chi connectivity index (χ3n) is 3.97. The van der Waals surface area contributed by atoms with Gasteiger partial charge in [-0.05, 0) is 43.9 Å². The first kappa shape index (κ1) is 12.9. The fourth-order valence-electron chi connectivity index (χ4n) is 2.91. The molecular formula is C14H13Cl2NO2. The molecule has 1 saturated heterocycles. The monoisotopic (exact) mass is 297 g/mol. The standard InChI is InChI=1S/C14H13Cl2NO2/c1-7(18)12-4-8-5-13(8)17(12)14(19)10-3-2-9(15)6-11(10)16/h2-3,6,8,12-13H,4-5H2,1H3/t8-,12+,13+/m1/s1. The van der Waals surface area contributed by atoms with Crippen LogP contribution in [-0.2, 0) is 4.79 Å². The maximum atomic E-state index is 12.6. The van der Waals surface area contributed by atoms with Crippen molar-refractivity contribution in [3.63, 3.8) is 0 Å². The van der Waals surface area contributed by atoms with Gasteiger partial charge in [0.1, 0.15) is 0 Å². The lowest BCUT2D eigenvalue weighted by atomic mass is 10.1. The molecule has 2 fully saturated rings. The lowest BCUT2D eigenvalue weighted by molar-refractivity contribution is -0.121. The number of carbonyl (C=O) groups is 2. The summed E-state index contributed by atoms with van der Waals surface area (Å²) < 4.78 is 0. The predicted molar refractivity (Wildman–Crippen MR) is 73.6 cm³/mol. The SMILES string of the molecule is CC(=O)[C@@H]1C[C@@H]2C[C@@H]2N1C(=O)c1ccc(Cl)cc1Cl. The second kappa shape index (κ2) is 4.50. The molecule has 0 N–H and O–H groups in total. The van der Waals surface area contributed by atoms with Gasteiger partial charge in [0.25, 0.3) is 5.91 Å². The van der Waals surface area contributed by atoms with E-state index >= 15 is 0 Å². The van der Waals surface area contributed by atoms with Crippen molar-refractivity contribution in [2.75, 3.05) is 0 Å². The van der Waals surface area contributed by atoms with E-state index in [1.54, 1.807) is 30.0 Å². The summed E-state index contributed by atoms with van der Waals surface area (Å²) in [4.78, 5) is 25.9. The predicted octanol–water partition coefficient (Wildman–Crippen LogP) is 3.19. The summed E-state index contributed by atoms with van der Waals surface area (Å²) in [5, 5.41) is 0.833. The Morgan fingerprint density at radius 1 is 1.26 bits per heavy atom. The highest BCUT2D eigenvalue weighted by Crippen LogP contribution is 2.48. The average Bonchev–Trinajstić information content (AvgIpc) is 2.99. The summed E-state index contributed by atoms with van der Waals surface area (Å²) >= 11 is 11.9. The second-order valence-electron chi connectivity index (χ2n) is 5.26. The van der Waals surface area contributed by atoms with Gasteiger partial charge in [-0.3, -0.25) is 9.59 Å². The first-order valence-corrected chi connectivity index (χ1v) is 7.03. The largest absolute Gasteiger partial charge is 0.325 e. The Kier molecular flexibility index (Phi) is 3.06. The van der Waals surface area contributed by atoms with Gasteiger partial charge in [-0.1, -0.05) is 23.2 Å². The van der Waals surface area contributed by atoms with Gasteiger partial charge >= 0.3 is 0 Å². The van der Waals surface area contributed by atoms with E-state index in [0.717, 1.165) is 12.8 Å². The minimum Gasteiger partial charge on any atom is -0.325 e. The zero-order valence-corrected chi connectivity index (χ0v) is 11.9. The van der Waals surface area contributed by atoms with Crippen LogP contribution in [0, 0.1) is 5.92 Å². The number of rotatable bonds is 2. The number of carbonyl (C=O) groups excluding carboxylic acids is 2. The van der Waals surface area contributed by atoms with E-state index in [0.29, 0.717) is 21.5 Å². The van der Waals surface area contributed by atoms with E-state index in [-0.39, 0.29) is 23.8 Å². The van der Waals surface area contributed by atoms with Gasteiger partial charge in [-0.15, -0.1) is 0 Å². The van der Waals surface area contributed by atoms with E-state index in [2.05, 4.69) is 0 Å². The molecule has 1 aliphatic heterocycles. The number of hydrogen-bond acceptors (Lipinski definition) is 2. The third-order valence-corrected chi connectivity index (χ3v) is 4.52. The van der Waals surface area contributed by atoms with E-state index in [1.807, 2.05) is 0 Å². The normalized spacial score (nSPS) is 28.2. The van der Waals surface area contributed by atoms with E-state index in [1.165, 1.54) is 0 Å². The summed E-state index contributed by atoms with van der Waals surface area (Å²) in [6.45, 7) is 1.54. The van der Waals surface area contributed by atoms with Crippen LogP contribution in [0.15, 0.2) is 18.2 Å². The quantitative estimate of drug-likeness (QED) is 0.841. The van der Waals surface area contributed by atoms with E-state index < -0.39 is 0 Å². The zero-order valence-electron chi connectivity index (χ0n) is 10.4. The fraction of sp³-hybridized carbons (Fsp3) is 0.429. The third kappa shape index (κ3) is 2.15. The van der Waals surface area contributed by atoms with Crippen molar-refractivity contribution in [3.8, 4) is 0 Å². The number of amides is 1. The van der Waals surface area contributed by atoms with Crippen LogP contribution >= 0.6 is 23.2 Å². The lowest BCUT2D eigenvalue weighted by Gasteiger charge is -2.26. The summed E-state index contributed by atoms with van der Waals surface area (Å²) in [6.07, 6.45) is 1.79. The molecule has 1 heterocycles. The molecule has 0 unspecified atom stereocenters. The molecule has 3 nitrogen and oxygen atoms in total. The van der Waals surface area contributed by atoms with E-state index in [4.69, 9.17) is 23.2 Å². The van der Waals surface area contributed by atoms with Crippen molar-refractivity contribution in [2.24, 2.45) is 5.92 Å². The molecule has 3 atom stereocenters. The molecule has 0 aromatic heterocycles. The number of hydrogen-bond donors (Lipinski definition) is 0. The maximum Gasteiger partial charge on any atom is 0.256 e. The number of nitrogens with zero attached hydrogens (tertiary/aromatic N) is 1. The molecular weight excluding hydrogens is 285 g/mol. The van der Waals surface area contributed by atoms with Gasteiger partial charge in [-0.2, -0.15) is 0 Å². The van der Waals surface area contributed by atoms with Gasteiger partial charge in [0.2, 0.25) is 0 Å². The Balaban J connectivity index is 1.92. The van der Waals surface area contributed by atoms with Gasteiger partial charge in [-0.25, -0.2) is 0 Å². The van der Waals surface area contributed by atoms with Gasteiger partial charge in [0.15, 0.2) is 5.78 Å². The minimum atomic E-state index is -0.289. The highest BCUT2D eigenvalue weighted by Gasteiger charge is 2.55. The van der Waals surface area contributed by atoms with Crippen molar-refractivity contribution in [1.82, 2.24) is 4.90 Å². The molecule has 1 aliphatic carbocycles. The Morgan fingerprint density at radius 2 is 2.00 bits per heavy atom. The highest BCUT2D eigenvalue weighted by atomic mass is 35.5. The Bertz CT molecular complexity index is 573. The zero-order chi connectivity index (χ0) is 13.7. The first-order chi connectivity index (χ1) is 8.99. The maximum absolute atomic E-state index is 12.6. The molecule has 1 aromatic rings. The molecule has 5 heteroatoms. The van der Waals surface area contributed by atoms with Crippen LogP contribution in [-0.4, -0.2) is 28.7 Å². The first-order valence-electron chi connectivity index (χ1n) is 6.27. The smallest absolute Gasteiger partial charge is 0.256 e.